The first kappa shape index (κ1) is 14.9. The molecule has 0 unspecified atom stereocenters. The van der Waals surface area contributed by atoms with Crippen LogP contribution < -0.4 is 10.1 Å². The van der Waals surface area contributed by atoms with E-state index in [0.717, 1.165) is 44.2 Å². The van der Waals surface area contributed by atoms with E-state index in [0.29, 0.717) is 0 Å². The minimum Gasteiger partial charge on any atom is -0.497 e. The molecule has 4 nitrogen and oxygen atoms in total. The lowest BCUT2D eigenvalue weighted by Gasteiger charge is -2.38. The van der Waals surface area contributed by atoms with Crippen LogP contribution in [-0.2, 0) is 10.2 Å². The average molecular weight is 298 g/mol. The number of anilines is 1. The van der Waals surface area contributed by atoms with Crippen molar-refractivity contribution in [2.45, 2.75) is 18.3 Å². The number of nitrogens with zero attached hydrogens (tertiary/aromatic N) is 1. The van der Waals surface area contributed by atoms with Crippen LogP contribution in [0.2, 0.25) is 0 Å². The van der Waals surface area contributed by atoms with Crippen LogP contribution >= 0.6 is 0 Å². The number of pyridine rings is 1. The van der Waals surface area contributed by atoms with E-state index in [1.165, 1.54) is 5.56 Å². The van der Waals surface area contributed by atoms with Gasteiger partial charge in [0.05, 0.1) is 7.11 Å². The number of benzene rings is 1. The molecule has 1 aliphatic rings. The maximum atomic E-state index is 5.58. The zero-order valence-electron chi connectivity index (χ0n) is 12.9. The SMILES string of the molecule is COc1ccc(C2(CNc3ccccn3)CCOCC2)cc1. The average Bonchev–Trinajstić information content (AvgIpc) is 2.62. The number of aromatic nitrogens is 1. The highest BCUT2D eigenvalue weighted by molar-refractivity contribution is 5.38. The van der Waals surface area contributed by atoms with Crippen molar-refractivity contribution in [1.82, 2.24) is 4.98 Å². The third-order valence-corrected chi connectivity index (χ3v) is 4.43. The van der Waals surface area contributed by atoms with Gasteiger partial charge in [0.15, 0.2) is 0 Å². The Labute approximate surface area is 131 Å². The summed E-state index contributed by atoms with van der Waals surface area (Å²) >= 11 is 0. The lowest BCUT2D eigenvalue weighted by molar-refractivity contribution is 0.0543. The molecule has 0 spiro atoms. The van der Waals surface area contributed by atoms with E-state index in [1.807, 2.05) is 36.5 Å². The summed E-state index contributed by atoms with van der Waals surface area (Å²) in [6.45, 7) is 2.46. The Morgan fingerprint density at radius 1 is 1.14 bits per heavy atom. The molecule has 2 aromatic rings. The number of methoxy groups -OCH3 is 1. The van der Waals surface area contributed by atoms with E-state index in [4.69, 9.17) is 9.47 Å². The van der Waals surface area contributed by atoms with E-state index in [9.17, 15) is 0 Å². The first-order valence-electron chi connectivity index (χ1n) is 7.70. The normalized spacial score (nSPS) is 17.0. The summed E-state index contributed by atoms with van der Waals surface area (Å²) in [4.78, 5) is 4.35. The lowest BCUT2D eigenvalue weighted by Crippen LogP contribution is -2.40. The van der Waals surface area contributed by atoms with Gasteiger partial charge in [-0.15, -0.1) is 0 Å². The molecule has 4 heteroatoms. The van der Waals surface area contributed by atoms with Crippen LogP contribution in [0.1, 0.15) is 18.4 Å². The van der Waals surface area contributed by atoms with Crippen LogP contribution in [0.4, 0.5) is 5.82 Å². The van der Waals surface area contributed by atoms with Crippen LogP contribution in [0.5, 0.6) is 5.75 Å². The molecule has 0 amide bonds. The second-order valence-electron chi connectivity index (χ2n) is 5.69. The molecule has 0 bridgehead atoms. The van der Waals surface area contributed by atoms with Crippen molar-refractivity contribution >= 4 is 5.82 Å². The van der Waals surface area contributed by atoms with Crippen LogP contribution in [0.25, 0.3) is 0 Å². The Morgan fingerprint density at radius 2 is 1.91 bits per heavy atom. The molecule has 116 valence electrons. The van der Waals surface area contributed by atoms with Crippen LogP contribution in [-0.4, -0.2) is 31.9 Å². The van der Waals surface area contributed by atoms with Gasteiger partial charge >= 0.3 is 0 Å². The smallest absolute Gasteiger partial charge is 0.125 e. The van der Waals surface area contributed by atoms with Crippen molar-refractivity contribution < 1.29 is 9.47 Å². The van der Waals surface area contributed by atoms with Crippen LogP contribution in [0.15, 0.2) is 48.7 Å². The molecule has 0 atom stereocenters. The van der Waals surface area contributed by atoms with Gasteiger partial charge in [0.1, 0.15) is 11.6 Å². The fraction of sp³-hybridized carbons (Fsp3) is 0.389. The fourth-order valence-corrected chi connectivity index (χ4v) is 3.00. The summed E-state index contributed by atoms with van der Waals surface area (Å²) < 4.78 is 10.8. The fourth-order valence-electron chi connectivity index (χ4n) is 3.00. The van der Waals surface area contributed by atoms with Gasteiger partial charge < -0.3 is 14.8 Å². The van der Waals surface area contributed by atoms with Gasteiger partial charge in [-0.2, -0.15) is 0 Å². The third-order valence-electron chi connectivity index (χ3n) is 4.43. The molecular weight excluding hydrogens is 276 g/mol. The van der Waals surface area contributed by atoms with Gasteiger partial charge in [-0.3, -0.25) is 0 Å². The quantitative estimate of drug-likeness (QED) is 0.920. The second-order valence-corrected chi connectivity index (χ2v) is 5.69. The molecule has 1 aliphatic heterocycles. The molecule has 1 aromatic heterocycles. The third kappa shape index (κ3) is 3.22. The minimum atomic E-state index is 0.0854. The van der Waals surface area contributed by atoms with Crippen molar-refractivity contribution in [2.75, 3.05) is 32.2 Å². The van der Waals surface area contributed by atoms with E-state index >= 15 is 0 Å². The molecule has 1 saturated heterocycles. The maximum absolute atomic E-state index is 5.58. The van der Waals surface area contributed by atoms with Crippen LogP contribution in [0, 0.1) is 0 Å². The largest absolute Gasteiger partial charge is 0.497 e. The van der Waals surface area contributed by atoms with Gasteiger partial charge in [-0.1, -0.05) is 18.2 Å². The first-order valence-corrected chi connectivity index (χ1v) is 7.70. The summed E-state index contributed by atoms with van der Waals surface area (Å²) in [5, 5.41) is 3.48. The van der Waals surface area contributed by atoms with Gasteiger partial charge in [0, 0.05) is 31.4 Å². The van der Waals surface area contributed by atoms with E-state index in [-0.39, 0.29) is 5.41 Å². The summed E-state index contributed by atoms with van der Waals surface area (Å²) in [5.74, 6) is 1.81. The van der Waals surface area contributed by atoms with E-state index < -0.39 is 0 Å². The van der Waals surface area contributed by atoms with Gasteiger partial charge in [-0.25, -0.2) is 4.98 Å². The van der Waals surface area contributed by atoms with Gasteiger partial charge in [0.2, 0.25) is 0 Å². The van der Waals surface area contributed by atoms with E-state index in [2.05, 4.69) is 22.4 Å². The number of hydrogen-bond donors (Lipinski definition) is 1. The first-order chi connectivity index (χ1) is 10.8. The highest BCUT2D eigenvalue weighted by Gasteiger charge is 2.34. The summed E-state index contributed by atoms with van der Waals surface area (Å²) in [6.07, 6.45) is 3.84. The predicted octanol–water partition coefficient (Wildman–Crippen LogP) is 3.25. The highest BCUT2D eigenvalue weighted by Crippen LogP contribution is 2.35. The molecule has 3 rings (SSSR count). The monoisotopic (exact) mass is 298 g/mol. The Balaban J connectivity index is 1.80. The Morgan fingerprint density at radius 3 is 2.55 bits per heavy atom. The molecule has 0 radical (unpaired) electrons. The molecular formula is C18H22N2O2. The standard InChI is InChI=1S/C18H22N2O2/c1-21-16-7-5-15(6-8-16)18(9-12-22-13-10-18)14-20-17-4-2-3-11-19-17/h2-8,11H,9-10,12-14H2,1H3,(H,19,20). The predicted molar refractivity (Wildman–Crippen MR) is 87.5 cm³/mol. The summed E-state index contributed by atoms with van der Waals surface area (Å²) in [5.41, 5.74) is 1.42. The molecule has 0 saturated carbocycles. The molecule has 1 aromatic carbocycles. The summed E-state index contributed by atoms with van der Waals surface area (Å²) in [7, 11) is 1.70. The lowest BCUT2D eigenvalue weighted by atomic mass is 9.74. The van der Waals surface area contributed by atoms with Crippen molar-refractivity contribution in [3.8, 4) is 5.75 Å². The topological polar surface area (TPSA) is 43.4 Å². The Hall–Kier alpha value is -2.07. The molecule has 0 aliphatic carbocycles. The number of nitrogens with one attached hydrogen (secondary N) is 1. The second kappa shape index (κ2) is 6.79. The van der Waals surface area contributed by atoms with Crippen molar-refractivity contribution in [2.24, 2.45) is 0 Å². The molecule has 22 heavy (non-hydrogen) atoms. The number of rotatable bonds is 5. The van der Waals surface area contributed by atoms with Gasteiger partial charge in [-0.05, 0) is 42.7 Å². The highest BCUT2D eigenvalue weighted by atomic mass is 16.5. The summed E-state index contributed by atoms with van der Waals surface area (Å²) in [6, 6.07) is 14.3. The molecule has 2 heterocycles. The van der Waals surface area contributed by atoms with Crippen molar-refractivity contribution in [1.29, 1.82) is 0 Å². The van der Waals surface area contributed by atoms with Crippen molar-refractivity contribution in [3.63, 3.8) is 0 Å². The van der Waals surface area contributed by atoms with Crippen molar-refractivity contribution in [3.05, 3.63) is 54.2 Å². The Bertz CT molecular complexity index is 578. The molecule has 1 fully saturated rings. The molecule has 1 N–H and O–H groups in total. The number of hydrogen-bond acceptors (Lipinski definition) is 4. The zero-order valence-corrected chi connectivity index (χ0v) is 12.9. The van der Waals surface area contributed by atoms with Gasteiger partial charge in [0.25, 0.3) is 0 Å². The zero-order chi connectivity index (χ0) is 15.3. The minimum absolute atomic E-state index is 0.0854. The Kier molecular flexibility index (Phi) is 4.59. The van der Waals surface area contributed by atoms with E-state index in [1.54, 1.807) is 7.11 Å². The maximum Gasteiger partial charge on any atom is 0.125 e. The van der Waals surface area contributed by atoms with Crippen LogP contribution in [0.3, 0.4) is 0 Å². The number of ether oxygens (including phenoxy) is 2.